The lowest BCUT2D eigenvalue weighted by molar-refractivity contribution is -0.146. The van der Waals surface area contributed by atoms with E-state index in [-0.39, 0.29) is 29.6 Å². The van der Waals surface area contributed by atoms with E-state index in [0.29, 0.717) is 6.42 Å². The molecule has 2 unspecified atom stereocenters. The second kappa shape index (κ2) is 10.8. The van der Waals surface area contributed by atoms with E-state index in [2.05, 4.69) is 63.8 Å². The van der Waals surface area contributed by atoms with Crippen LogP contribution < -0.4 is 4.90 Å². The molecule has 0 saturated heterocycles. The van der Waals surface area contributed by atoms with Gasteiger partial charge in [0.15, 0.2) is 0 Å². The maximum absolute atomic E-state index is 11.6. The number of carbonyl (C=O) groups excluding carboxylic acids is 1. The summed E-state index contributed by atoms with van der Waals surface area (Å²) in [7, 11) is 0. The SMILES string of the molecule is CC(=O)OC(C)CC(N(c1cnc(-c2ccccc2)c(-c2ccccc2)n1)C(C)C)C(C)(C)C. The monoisotopic (exact) mass is 459 g/mol. The fraction of sp³-hybridized carbons (Fsp3) is 0.414. The van der Waals surface area contributed by atoms with Crippen LogP contribution in [0.5, 0.6) is 0 Å². The molecule has 0 saturated carbocycles. The first-order chi connectivity index (χ1) is 16.1. The summed E-state index contributed by atoms with van der Waals surface area (Å²) in [5.41, 5.74) is 3.70. The molecule has 0 aliphatic carbocycles. The lowest BCUT2D eigenvalue weighted by atomic mass is 9.81. The Kier molecular flexibility index (Phi) is 8.08. The Bertz CT molecular complexity index is 1080. The molecule has 3 aromatic rings. The highest BCUT2D eigenvalue weighted by Crippen LogP contribution is 2.36. The van der Waals surface area contributed by atoms with Gasteiger partial charge < -0.3 is 9.64 Å². The molecule has 34 heavy (non-hydrogen) atoms. The summed E-state index contributed by atoms with van der Waals surface area (Å²) in [5.74, 6) is 0.568. The Hall–Kier alpha value is -3.21. The number of carbonyl (C=O) groups is 1. The molecule has 0 bridgehead atoms. The van der Waals surface area contributed by atoms with Crippen LogP contribution >= 0.6 is 0 Å². The van der Waals surface area contributed by atoms with E-state index in [1.54, 1.807) is 0 Å². The number of hydrogen-bond acceptors (Lipinski definition) is 5. The summed E-state index contributed by atoms with van der Waals surface area (Å²) in [6, 6.07) is 20.6. The largest absolute Gasteiger partial charge is 0.463 e. The summed E-state index contributed by atoms with van der Waals surface area (Å²) < 4.78 is 5.51. The second-order valence-electron chi connectivity index (χ2n) is 10.2. The first-order valence-electron chi connectivity index (χ1n) is 12.0. The zero-order valence-corrected chi connectivity index (χ0v) is 21.4. The molecule has 3 rings (SSSR count). The number of anilines is 1. The minimum Gasteiger partial charge on any atom is -0.463 e. The van der Waals surface area contributed by atoms with E-state index in [1.807, 2.05) is 49.5 Å². The molecule has 2 atom stereocenters. The highest BCUT2D eigenvalue weighted by atomic mass is 16.5. The third-order valence-electron chi connectivity index (χ3n) is 5.93. The average Bonchev–Trinajstić information content (AvgIpc) is 2.78. The fourth-order valence-electron chi connectivity index (χ4n) is 4.42. The second-order valence-corrected chi connectivity index (χ2v) is 10.2. The molecule has 0 aliphatic heterocycles. The predicted octanol–water partition coefficient (Wildman–Crippen LogP) is 6.78. The lowest BCUT2D eigenvalue weighted by Crippen LogP contribution is -2.50. The van der Waals surface area contributed by atoms with Crippen molar-refractivity contribution in [3.05, 3.63) is 66.9 Å². The minimum atomic E-state index is -0.255. The summed E-state index contributed by atoms with van der Waals surface area (Å²) in [6.07, 6.45) is 2.38. The van der Waals surface area contributed by atoms with Gasteiger partial charge in [-0.05, 0) is 26.2 Å². The fourth-order valence-corrected chi connectivity index (χ4v) is 4.42. The molecule has 5 nitrogen and oxygen atoms in total. The Morgan fingerprint density at radius 2 is 1.44 bits per heavy atom. The van der Waals surface area contributed by atoms with Crippen molar-refractivity contribution < 1.29 is 9.53 Å². The van der Waals surface area contributed by atoms with Gasteiger partial charge in [0.1, 0.15) is 11.9 Å². The van der Waals surface area contributed by atoms with Crippen molar-refractivity contribution in [2.24, 2.45) is 5.41 Å². The van der Waals surface area contributed by atoms with Crippen LogP contribution in [-0.4, -0.2) is 34.1 Å². The van der Waals surface area contributed by atoms with Gasteiger partial charge in [0.05, 0.1) is 17.6 Å². The Morgan fingerprint density at radius 3 is 1.91 bits per heavy atom. The molecular formula is C29H37N3O2. The van der Waals surface area contributed by atoms with E-state index in [0.717, 1.165) is 28.3 Å². The number of aromatic nitrogens is 2. The van der Waals surface area contributed by atoms with Crippen LogP contribution in [0.4, 0.5) is 5.82 Å². The topological polar surface area (TPSA) is 55.3 Å². The van der Waals surface area contributed by atoms with Gasteiger partial charge >= 0.3 is 5.97 Å². The normalized spacial score (nSPS) is 13.4. The van der Waals surface area contributed by atoms with Crippen LogP contribution in [0.1, 0.15) is 54.9 Å². The summed E-state index contributed by atoms with van der Waals surface area (Å²) in [4.78, 5) is 24.0. The van der Waals surface area contributed by atoms with Crippen molar-refractivity contribution in [2.75, 3.05) is 4.90 Å². The minimum absolute atomic E-state index is 0.0780. The molecule has 5 heteroatoms. The Labute approximate surface area is 204 Å². The maximum atomic E-state index is 11.6. The van der Waals surface area contributed by atoms with Gasteiger partial charge in [0.25, 0.3) is 0 Å². The van der Waals surface area contributed by atoms with Crippen molar-refractivity contribution in [1.29, 1.82) is 0 Å². The van der Waals surface area contributed by atoms with Crippen molar-refractivity contribution in [1.82, 2.24) is 9.97 Å². The smallest absolute Gasteiger partial charge is 0.302 e. The van der Waals surface area contributed by atoms with E-state index >= 15 is 0 Å². The summed E-state index contributed by atoms with van der Waals surface area (Å²) in [6.45, 7) is 14.4. The first kappa shape index (κ1) is 25.4. The zero-order chi connectivity index (χ0) is 24.9. The number of rotatable bonds is 8. The van der Waals surface area contributed by atoms with E-state index in [9.17, 15) is 4.79 Å². The lowest BCUT2D eigenvalue weighted by Gasteiger charge is -2.44. The van der Waals surface area contributed by atoms with Crippen LogP contribution in [0.2, 0.25) is 0 Å². The molecule has 0 spiro atoms. The highest BCUT2D eigenvalue weighted by molar-refractivity contribution is 5.78. The molecule has 1 heterocycles. The van der Waals surface area contributed by atoms with Gasteiger partial charge in [-0.15, -0.1) is 0 Å². The van der Waals surface area contributed by atoms with Crippen LogP contribution in [0.3, 0.4) is 0 Å². The summed E-state index contributed by atoms with van der Waals surface area (Å²) in [5, 5.41) is 0. The molecule has 0 amide bonds. The summed E-state index contributed by atoms with van der Waals surface area (Å²) >= 11 is 0. The molecule has 0 N–H and O–H groups in total. The van der Waals surface area contributed by atoms with Gasteiger partial charge in [-0.2, -0.15) is 0 Å². The van der Waals surface area contributed by atoms with Gasteiger partial charge in [-0.3, -0.25) is 9.78 Å². The quantitative estimate of drug-likeness (QED) is 0.347. The molecule has 2 aromatic carbocycles. The standard InChI is InChI=1S/C29H37N3O2/c1-20(2)32(25(29(5,6)7)18-21(3)34-22(4)33)26-19-30-27(23-14-10-8-11-15-23)28(31-26)24-16-12-9-13-17-24/h8-17,19-21,25H,18H2,1-7H3. The van der Waals surface area contributed by atoms with Crippen LogP contribution in [0.25, 0.3) is 22.5 Å². The number of benzene rings is 2. The molecule has 0 aliphatic rings. The van der Waals surface area contributed by atoms with Crippen molar-refractivity contribution in [3.8, 4) is 22.5 Å². The molecule has 180 valence electrons. The van der Waals surface area contributed by atoms with Crippen molar-refractivity contribution >= 4 is 11.8 Å². The van der Waals surface area contributed by atoms with Crippen LogP contribution in [0.15, 0.2) is 66.9 Å². The molecule has 0 fully saturated rings. The molecular weight excluding hydrogens is 422 g/mol. The van der Waals surface area contributed by atoms with E-state index in [4.69, 9.17) is 14.7 Å². The Balaban J connectivity index is 2.13. The number of esters is 1. The van der Waals surface area contributed by atoms with Crippen molar-refractivity contribution in [2.45, 2.75) is 73.1 Å². The predicted molar refractivity (Wildman–Crippen MR) is 140 cm³/mol. The van der Waals surface area contributed by atoms with Crippen LogP contribution in [-0.2, 0) is 9.53 Å². The first-order valence-corrected chi connectivity index (χ1v) is 12.0. The van der Waals surface area contributed by atoms with Gasteiger partial charge in [0.2, 0.25) is 0 Å². The Morgan fingerprint density at radius 1 is 0.912 bits per heavy atom. The van der Waals surface area contributed by atoms with E-state index < -0.39 is 0 Å². The number of hydrogen-bond donors (Lipinski definition) is 0. The van der Waals surface area contributed by atoms with Crippen LogP contribution in [0, 0.1) is 5.41 Å². The third kappa shape index (κ3) is 6.22. The average molecular weight is 460 g/mol. The van der Waals surface area contributed by atoms with Gasteiger partial charge in [-0.1, -0.05) is 81.4 Å². The number of ether oxygens (including phenoxy) is 1. The maximum Gasteiger partial charge on any atom is 0.302 e. The highest BCUT2D eigenvalue weighted by Gasteiger charge is 2.35. The third-order valence-corrected chi connectivity index (χ3v) is 5.93. The molecule has 1 aromatic heterocycles. The molecule has 0 radical (unpaired) electrons. The zero-order valence-electron chi connectivity index (χ0n) is 21.4. The van der Waals surface area contributed by atoms with Gasteiger partial charge in [0, 0.05) is 36.6 Å². The van der Waals surface area contributed by atoms with E-state index in [1.165, 1.54) is 6.92 Å². The van der Waals surface area contributed by atoms with Gasteiger partial charge in [-0.25, -0.2) is 4.98 Å². The number of nitrogens with zero attached hydrogens (tertiary/aromatic N) is 3. The van der Waals surface area contributed by atoms with Crippen molar-refractivity contribution in [3.63, 3.8) is 0 Å².